The van der Waals surface area contributed by atoms with E-state index in [2.05, 4.69) is 5.32 Å². The first-order valence-electron chi connectivity index (χ1n) is 10.3. The number of fused-ring (bicyclic) bond motifs is 1. The summed E-state index contributed by atoms with van der Waals surface area (Å²) in [5.74, 6) is -1.55. The number of carbonyl (C=O) groups is 2. The van der Waals surface area contributed by atoms with Crippen molar-refractivity contribution >= 4 is 50.4 Å². The van der Waals surface area contributed by atoms with Gasteiger partial charge in [0.05, 0.1) is 22.5 Å². The smallest absolute Gasteiger partial charge is 0.341 e. The molecule has 3 aromatic carbocycles. The molecule has 1 aromatic heterocycles. The van der Waals surface area contributed by atoms with Crippen molar-refractivity contribution in [3.8, 4) is 11.1 Å². The largest absolute Gasteiger partial charge is 0.462 e. The second-order valence-electron chi connectivity index (χ2n) is 7.27. The number of nitrogens with one attached hydrogen (secondary N) is 1. The Bertz CT molecular complexity index is 1490. The average Bonchev–Trinajstić information content (AvgIpc) is 3.26. The Labute approximate surface area is 202 Å². The van der Waals surface area contributed by atoms with E-state index >= 15 is 0 Å². The molecule has 0 spiro atoms. The normalized spacial score (nSPS) is 10.7. The van der Waals surface area contributed by atoms with Crippen LogP contribution in [0.2, 0.25) is 0 Å². The van der Waals surface area contributed by atoms with Crippen LogP contribution >= 0.6 is 11.3 Å². The number of anilines is 1. The van der Waals surface area contributed by atoms with Gasteiger partial charge in [-0.15, -0.1) is 11.3 Å². The van der Waals surface area contributed by atoms with Gasteiger partial charge >= 0.3 is 5.97 Å². The van der Waals surface area contributed by atoms with Crippen molar-refractivity contribution in [1.82, 2.24) is 0 Å². The van der Waals surface area contributed by atoms with Crippen molar-refractivity contribution in [2.45, 2.75) is 6.92 Å². The van der Waals surface area contributed by atoms with Crippen LogP contribution in [0.15, 0.2) is 66.0 Å². The lowest BCUT2D eigenvalue weighted by molar-refractivity contribution is -0.394. The van der Waals surface area contributed by atoms with Gasteiger partial charge in [0.25, 0.3) is 17.3 Å². The molecule has 1 amide bonds. The molecular weight excluding hydrogens is 474 g/mol. The zero-order valence-electron chi connectivity index (χ0n) is 18.2. The number of esters is 1. The summed E-state index contributed by atoms with van der Waals surface area (Å²) in [6, 6.07) is 16.0. The summed E-state index contributed by atoms with van der Waals surface area (Å²) in [5.41, 5.74) is -0.209. The van der Waals surface area contributed by atoms with E-state index in [1.807, 2.05) is 42.5 Å². The van der Waals surface area contributed by atoms with E-state index in [1.165, 1.54) is 0 Å². The maximum Gasteiger partial charge on any atom is 0.341 e. The van der Waals surface area contributed by atoms with Gasteiger partial charge in [0, 0.05) is 17.0 Å². The molecule has 35 heavy (non-hydrogen) atoms. The van der Waals surface area contributed by atoms with Crippen molar-refractivity contribution in [1.29, 1.82) is 0 Å². The maximum atomic E-state index is 13.0. The average molecular weight is 491 g/mol. The molecule has 4 aromatic rings. The lowest BCUT2D eigenvalue weighted by Crippen LogP contribution is -2.16. The van der Waals surface area contributed by atoms with Gasteiger partial charge in [0.2, 0.25) is 0 Å². The first-order chi connectivity index (χ1) is 16.8. The number of rotatable bonds is 7. The molecular formula is C24H17N3O7S. The third kappa shape index (κ3) is 4.57. The van der Waals surface area contributed by atoms with Gasteiger partial charge in [-0.1, -0.05) is 42.5 Å². The van der Waals surface area contributed by atoms with Crippen LogP contribution in [0.3, 0.4) is 0 Å². The van der Waals surface area contributed by atoms with E-state index in [-0.39, 0.29) is 22.7 Å². The number of nitrogens with zero attached hydrogens (tertiary/aromatic N) is 2. The Morgan fingerprint density at radius 2 is 1.71 bits per heavy atom. The monoisotopic (exact) mass is 491 g/mol. The molecule has 0 aliphatic carbocycles. The first-order valence-corrected chi connectivity index (χ1v) is 11.2. The molecule has 176 valence electrons. The van der Waals surface area contributed by atoms with Gasteiger partial charge < -0.3 is 10.1 Å². The molecule has 11 heteroatoms. The number of benzene rings is 3. The fourth-order valence-electron chi connectivity index (χ4n) is 3.66. The Kier molecular flexibility index (Phi) is 6.51. The summed E-state index contributed by atoms with van der Waals surface area (Å²) >= 11 is 1.07. The van der Waals surface area contributed by atoms with Crippen LogP contribution < -0.4 is 5.32 Å². The third-order valence-electron chi connectivity index (χ3n) is 5.21. The van der Waals surface area contributed by atoms with Gasteiger partial charge in [-0.25, -0.2) is 4.79 Å². The number of amides is 1. The van der Waals surface area contributed by atoms with Crippen molar-refractivity contribution in [2.75, 3.05) is 11.9 Å². The van der Waals surface area contributed by atoms with Gasteiger partial charge in [0.1, 0.15) is 16.1 Å². The zero-order chi connectivity index (χ0) is 25.1. The van der Waals surface area contributed by atoms with E-state index in [4.69, 9.17) is 4.74 Å². The van der Waals surface area contributed by atoms with E-state index < -0.39 is 33.1 Å². The van der Waals surface area contributed by atoms with Crippen LogP contribution in [0, 0.1) is 20.2 Å². The number of ether oxygens (including phenoxy) is 1. The molecule has 0 aliphatic heterocycles. The molecule has 0 saturated carbocycles. The van der Waals surface area contributed by atoms with Crippen molar-refractivity contribution < 1.29 is 24.2 Å². The number of non-ortho nitro benzene ring substituents is 1. The Balaban J connectivity index is 1.80. The summed E-state index contributed by atoms with van der Waals surface area (Å²) in [6.45, 7) is 1.76. The second kappa shape index (κ2) is 9.69. The number of thiophene rings is 1. The van der Waals surface area contributed by atoms with Crippen LogP contribution in [-0.4, -0.2) is 28.3 Å². The van der Waals surface area contributed by atoms with Crippen molar-refractivity contribution in [3.63, 3.8) is 0 Å². The number of hydrogen-bond donors (Lipinski definition) is 1. The summed E-state index contributed by atoms with van der Waals surface area (Å²) in [6.07, 6.45) is 0. The van der Waals surface area contributed by atoms with Crippen LogP contribution in [0.4, 0.5) is 16.4 Å². The van der Waals surface area contributed by atoms with Crippen LogP contribution in [0.25, 0.3) is 21.9 Å². The van der Waals surface area contributed by atoms with Gasteiger partial charge in [-0.3, -0.25) is 25.0 Å². The highest BCUT2D eigenvalue weighted by molar-refractivity contribution is 7.15. The summed E-state index contributed by atoms with van der Waals surface area (Å²) in [5, 5.41) is 28.7. The quantitative estimate of drug-likeness (QED) is 0.195. The molecule has 1 heterocycles. The highest BCUT2D eigenvalue weighted by Gasteiger charge is 2.28. The van der Waals surface area contributed by atoms with E-state index in [0.717, 1.165) is 45.9 Å². The third-order valence-corrected chi connectivity index (χ3v) is 6.11. The summed E-state index contributed by atoms with van der Waals surface area (Å²) < 4.78 is 5.23. The molecule has 0 unspecified atom stereocenters. The SMILES string of the molecule is CCOC(=O)c1c(-c2cccc3ccccc23)csc1NC(=O)c1ccc([N+](=O)[O-])cc1[N+](=O)[O-]. The molecule has 0 aliphatic rings. The van der Waals surface area contributed by atoms with Gasteiger partial charge in [0.15, 0.2) is 0 Å². The molecule has 0 saturated heterocycles. The first kappa shape index (κ1) is 23.5. The zero-order valence-corrected chi connectivity index (χ0v) is 19.0. The van der Waals surface area contributed by atoms with E-state index in [0.29, 0.717) is 5.56 Å². The van der Waals surface area contributed by atoms with Gasteiger partial charge in [-0.2, -0.15) is 0 Å². The predicted octanol–water partition coefficient (Wildman–Crippen LogP) is 5.81. The maximum absolute atomic E-state index is 13.0. The highest BCUT2D eigenvalue weighted by atomic mass is 32.1. The molecule has 10 nitrogen and oxygen atoms in total. The fourth-order valence-corrected chi connectivity index (χ4v) is 4.60. The molecule has 4 rings (SSSR count). The number of carbonyl (C=O) groups excluding carboxylic acids is 2. The minimum absolute atomic E-state index is 0.102. The van der Waals surface area contributed by atoms with E-state index in [1.54, 1.807) is 12.3 Å². The molecule has 0 bridgehead atoms. The Morgan fingerprint density at radius 1 is 0.971 bits per heavy atom. The molecule has 1 N–H and O–H groups in total. The van der Waals surface area contributed by atoms with Crippen LogP contribution in [0.5, 0.6) is 0 Å². The predicted molar refractivity (Wildman–Crippen MR) is 131 cm³/mol. The molecule has 0 atom stereocenters. The number of nitro benzene ring substituents is 2. The number of hydrogen-bond acceptors (Lipinski definition) is 8. The summed E-state index contributed by atoms with van der Waals surface area (Å²) in [7, 11) is 0. The van der Waals surface area contributed by atoms with Crippen molar-refractivity contribution in [2.24, 2.45) is 0 Å². The Hall–Kier alpha value is -4.64. The highest BCUT2D eigenvalue weighted by Crippen LogP contribution is 2.39. The van der Waals surface area contributed by atoms with Crippen LogP contribution in [0.1, 0.15) is 27.6 Å². The minimum Gasteiger partial charge on any atom is -0.462 e. The molecule has 0 fully saturated rings. The minimum atomic E-state index is -0.886. The second-order valence-corrected chi connectivity index (χ2v) is 8.15. The Morgan fingerprint density at radius 3 is 2.43 bits per heavy atom. The lowest BCUT2D eigenvalue weighted by Gasteiger charge is -2.11. The van der Waals surface area contributed by atoms with Gasteiger partial charge in [-0.05, 0) is 29.3 Å². The summed E-state index contributed by atoms with van der Waals surface area (Å²) in [4.78, 5) is 46.7. The molecule has 0 radical (unpaired) electrons. The number of nitro groups is 2. The fraction of sp³-hybridized carbons (Fsp3) is 0.0833. The van der Waals surface area contributed by atoms with E-state index in [9.17, 15) is 29.8 Å². The lowest BCUT2D eigenvalue weighted by atomic mass is 9.97. The standard InChI is InChI=1S/C24H17N3O7S/c1-2-34-24(29)21-19(17-9-5-7-14-6-3-4-8-16(14)17)13-35-23(21)25-22(28)18-11-10-15(26(30)31)12-20(18)27(32)33/h3-13H,2H2,1H3,(H,25,28). The van der Waals surface area contributed by atoms with Crippen LogP contribution in [-0.2, 0) is 4.74 Å². The van der Waals surface area contributed by atoms with Crippen molar-refractivity contribution in [3.05, 3.63) is 97.4 Å². The topological polar surface area (TPSA) is 142 Å².